The number of hydrogen-bond donors (Lipinski definition) is 1. The normalized spacial score (nSPS) is 19.9. The summed E-state index contributed by atoms with van der Waals surface area (Å²) in [6, 6.07) is 0. The molecule has 0 unspecified atom stereocenters. The van der Waals surface area contributed by atoms with Gasteiger partial charge in [-0.05, 0) is 53.0 Å². The summed E-state index contributed by atoms with van der Waals surface area (Å²) in [6.45, 7) is 6.70. The first-order valence-corrected chi connectivity index (χ1v) is 6.00. The van der Waals surface area contributed by atoms with Gasteiger partial charge in [0.15, 0.2) is 0 Å². The van der Waals surface area contributed by atoms with Gasteiger partial charge in [-0.15, -0.1) is 0 Å². The van der Waals surface area contributed by atoms with Crippen LogP contribution in [0.2, 0.25) is 0 Å². The Morgan fingerprint density at radius 1 is 1.31 bits per heavy atom. The lowest BCUT2D eigenvalue weighted by atomic mass is 9.77. The standard InChI is InChI=1S/C12H23F2NO/c1-11(2,3)15-8-7-12(5-4-6-12)16-9-10(13)14/h10,15H,4-9H2,1-3H3. The summed E-state index contributed by atoms with van der Waals surface area (Å²) in [5.41, 5.74) is -0.192. The van der Waals surface area contributed by atoms with Crippen LogP contribution in [0.3, 0.4) is 0 Å². The third kappa shape index (κ3) is 4.74. The van der Waals surface area contributed by atoms with Crippen molar-refractivity contribution in [3.8, 4) is 0 Å². The summed E-state index contributed by atoms with van der Waals surface area (Å²) in [4.78, 5) is 0. The summed E-state index contributed by atoms with van der Waals surface area (Å²) < 4.78 is 29.5. The molecular weight excluding hydrogens is 212 g/mol. The molecule has 0 bridgehead atoms. The monoisotopic (exact) mass is 235 g/mol. The maximum atomic E-state index is 12.1. The summed E-state index contributed by atoms with van der Waals surface area (Å²) in [7, 11) is 0. The quantitative estimate of drug-likeness (QED) is 0.764. The Bertz CT molecular complexity index is 210. The van der Waals surface area contributed by atoms with Crippen molar-refractivity contribution in [2.75, 3.05) is 13.2 Å². The van der Waals surface area contributed by atoms with E-state index < -0.39 is 13.0 Å². The molecule has 1 fully saturated rings. The fourth-order valence-electron chi connectivity index (χ4n) is 1.94. The molecule has 4 heteroatoms. The number of nitrogens with one attached hydrogen (secondary N) is 1. The predicted molar refractivity (Wildman–Crippen MR) is 60.9 cm³/mol. The number of hydrogen-bond acceptors (Lipinski definition) is 2. The molecule has 1 saturated carbocycles. The Morgan fingerprint density at radius 2 is 1.94 bits per heavy atom. The molecule has 1 aliphatic carbocycles. The van der Waals surface area contributed by atoms with Gasteiger partial charge in [-0.3, -0.25) is 0 Å². The maximum absolute atomic E-state index is 12.1. The minimum Gasteiger partial charge on any atom is -0.369 e. The first-order chi connectivity index (χ1) is 7.33. The van der Waals surface area contributed by atoms with Crippen LogP contribution in [-0.4, -0.2) is 30.7 Å². The highest BCUT2D eigenvalue weighted by molar-refractivity contribution is 4.91. The number of halogens is 2. The Kier molecular flexibility index (Phi) is 4.68. The van der Waals surface area contributed by atoms with Gasteiger partial charge in [0.1, 0.15) is 6.61 Å². The van der Waals surface area contributed by atoms with E-state index in [2.05, 4.69) is 26.1 Å². The van der Waals surface area contributed by atoms with Crippen LogP contribution in [0.1, 0.15) is 46.5 Å². The van der Waals surface area contributed by atoms with Crippen molar-refractivity contribution in [1.29, 1.82) is 0 Å². The van der Waals surface area contributed by atoms with Gasteiger partial charge in [0, 0.05) is 5.54 Å². The van der Waals surface area contributed by atoms with E-state index >= 15 is 0 Å². The molecule has 0 aromatic rings. The summed E-state index contributed by atoms with van der Waals surface area (Å²) in [6.07, 6.45) is 1.42. The average Bonchev–Trinajstić information content (AvgIpc) is 2.05. The van der Waals surface area contributed by atoms with E-state index in [1.54, 1.807) is 0 Å². The highest BCUT2D eigenvalue weighted by Crippen LogP contribution is 2.38. The molecule has 0 aromatic carbocycles. The first kappa shape index (κ1) is 13.8. The van der Waals surface area contributed by atoms with Crippen molar-refractivity contribution in [1.82, 2.24) is 5.32 Å². The van der Waals surface area contributed by atoms with Gasteiger partial charge in [0.2, 0.25) is 0 Å². The van der Waals surface area contributed by atoms with Crippen molar-refractivity contribution < 1.29 is 13.5 Å². The molecule has 96 valence electrons. The summed E-state index contributed by atoms with van der Waals surface area (Å²) in [5, 5.41) is 3.37. The third-order valence-electron chi connectivity index (χ3n) is 3.02. The average molecular weight is 235 g/mol. The van der Waals surface area contributed by atoms with Gasteiger partial charge in [-0.2, -0.15) is 0 Å². The van der Waals surface area contributed by atoms with Crippen LogP contribution in [0.4, 0.5) is 8.78 Å². The van der Waals surface area contributed by atoms with Crippen LogP contribution in [0.15, 0.2) is 0 Å². The molecule has 0 aromatic heterocycles. The molecule has 0 spiro atoms. The van der Waals surface area contributed by atoms with Gasteiger partial charge in [-0.1, -0.05) is 0 Å². The topological polar surface area (TPSA) is 21.3 Å². The molecule has 16 heavy (non-hydrogen) atoms. The smallest absolute Gasteiger partial charge is 0.261 e. The number of ether oxygens (including phenoxy) is 1. The molecule has 0 atom stereocenters. The second-order valence-electron chi connectivity index (χ2n) is 5.67. The van der Waals surface area contributed by atoms with Crippen LogP contribution in [0.25, 0.3) is 0 Å². The van der Waals surface area contributed by atoms with Gasteiger partial charge >= 0.3 is 0 Å². The zero-order valence-corrected chi connectivity index (χ0v) is 10.5. The molecule has 1 aliphatic rings. The maximum Gasteiger partial charge on any atom is 0.261 e. The fraction of sp³-hybridized carbons (Fsp3) is 1.00. The van der Waals surface area contributed by atoms with E-state index in [0.29, 0.717) is 0 Å². The minimum atomic E-state index is -2.35. The van der Waals surface area contributed by atoms with Gasteiger partial charge < -0.3 is 10.1 Å². The van der Waals surface area contributed by atoms with Crippen LogP contribution < -0.4 is 5.32 Å². The zero-order valence-electron chi connectivity index (χ0n) is 10.5. The fourth-order valence-corrected chi connectivity index (χ4v) is 1.94. The third-order valence-corrected chi connectivity index (χ3v) is 3.02. The molecular formula is C12H23F2NO. The molecule has 0 aliphatic heterocycles. The van der Waals surface area contributed by atoms with E-state index in [4.69, 9.17) is 4.74 Å². The lowest BCUT2D eigenvalue weighted by Gasteiger charge is -2.42. The van der Waals surface area contributed by atoms with E-state index in [-0.39, 0.29) is 11.1 Å². The molecule has 2 nitrogen and oxygen atoms in total. The second-order valence-corrected chi connectivity index (χ2v) is 5.67. The molecule has 1 N–H and O–H groups in total. The predicted octanol–water partition coefficient (Wildman–Crippen LogP) is 2.97. The van der Waals surface area contributed by atoms with Crippen LogP contribution >= 0.6 is 0 Å². The first-order valence-electron chi connectivity index (χ1n) is 6.00. The molecule has 0 amide bonds. The highest BCUT2D eigenvalue weighted by atomic mass is 19.3. The van der Waals surface area contributed by atoms with Crippen molar-refractivity contribution in [3.63, 3.8) is 0 Å². The largest absolute Gasteiger partial charge is 0.369 e. The molecule has 0 radical (unpaired) electrons. The van der Waals surface area contributed by atoms with Crippen LogP contribution in [0.5, 0.6) is 0 Å². The SMILES string of the molecule is CC(C)(C)NCCC1(OCC(F)F)CCC1. The van der Waals surface area contributed by atoms with Crippen LogP contribution in [0, 0.1) is 0 Å². The lowest BCUT2D eigenvalue weighted by Crippen LogP contribution is -2.46. The highest BCUT2D eigenvalue weighted by Gasteiger charge is 2.38. The van der Waals surface area contributed by atoms with E-state index in [1.165, 1.54) is 0 Å². The Morgan fingerprint density at radius 3 is 2.31 bits per heavy atom. The van der Waals surface area contributed by atoms with Gasteiger partial charge in [0.05, 0.1) is 5.60 Å². The van der Waals surface area contributed by atoms with Crippen molar-refractivity contribution in [2.45, 2.75) is 64.0 Å². The Hall–Kier alpha value is -0.220. The summed E-state index contributed by atoms with van der Waals surface area (Å²) in [5.74, 6) is 0. The number of rotatable bonds is 6. The zero-order chi connectivity index (χ0) is 12.2. The van der Waals surface area contributed by atoms with Gasteiger partial charge in [0.25, 0.3) is 6.43 Å². The Balaban J connectivity index is 2.25. The summed E-state index contributed by atoms with van der Waals surface area (Å²) >= 11 is 0. The molecule has 1 rings (SSSR count). The lowest BCUT2D eigenvalue weighted by molar-refractivity contribution is -0.134. The van der Waals surface area contributed by atoms with Crippen molar-refractivity contribution in [2.24, 2.45) is 0 Å². The van der Waals surface area contributed by atoms with E-state index in [9.17, 15) is 8.78 Å². The van der Waals surface area contributed by atoms with E-state index in [0.717, 1.165) is 32.2 Å². The van der Waals surface area contributed by atoms with Gasteiger partial charge in [-0.25, -0.2) is 8.78 Å². The number of alkyl halides is 2. The van der Waals surface area contributed by atoms with E-state index in [1.807, 2.05) is 0 Å². The van der Waals surface area contributed by atoms with Crippen molar-refractivity contribution in [3.05, 3.63) is 0 Å². The second kappa shape index (κ2) is 5.41. The van der Waals surface area contributed by atoms with Crippen molar-refractivity contribution >= 4 is 0 Å². The Labute approximate surface area is 96.7 Å². The molecule has 0 heterocycles. The molecule has 0 saturated heterocycles. The minimum absolute atomic E-state index is 0.0770. The van der Waals surface area contributed by atoms with Crippen LogP contribution in [-0.2, 0) is 4.74 Å².